The quantitative estimate of drug-likeness (QED) is 0.787. The van der Waals surface area contributed by atoms with Crippen molar-refractivity contribution in [2.24, 2.45) is 0 Å². The highest BCUT2D eigenvalue weighted by Crippen LogP contribution is 2.25. The van der Waals surface area contributed by atoms with Crippen LogP contribution in [-0.2, 0) is 0 Å². The summed E-state index contributed by atoms with van der Waals surface area (Å²) in [4.78, 5) is 6.53. The maximum absolute atomic E-state index is 8.87. The Hall–Kier alpha value is -3.60. The third-order valence-corrected chi connectivity index (χ3v) is 3.29. The van der Waals surface area contributed by atoms with Crippen molar-refractivity contribution in [2.45, 2.75) is 12.1 Å². The van der Waals surface area contributed by atoms with Gasteiger partial charge < -0.3 is 0 Å². The summed E-state index contributed by atoms with van der Waals surface area (Å²) in [6.07, 6.45) is -0.788. The summed E-state index contributed by atoms with van der Waals surface area (Å²) in [6.45, 7) is 13.9. The normalized spacial score (nSPS) is 9.55. The van der Waals surface area contributed by atoms with E-state index in [1.165, 1.54) is 0 Å². The van der Waals surface area contributed by atoms with Crippen LogP contribution in [0.5, 0.6) is 0 Å². The molecule has 0 amide bonds. The van der Waals surface area contributed by atoms with Crippen molar-refractivity contribution < 1.29 is 0 Å². The van der Waals surface area contributed by atoms with E-state index in [1.54, 1.807) is 24.3 Å². The van der Waals surface area contributed by atoms with Crippen molar-refractivity contribution >= 4 is 0 Å². The molecule has 2 aromatic carbocycles. The lowest BCUT2D eigenvalue weighted by Crippen LogP contribution is -1.91. The van der Waals surface area contributed by atoms with Gasteiger partial charge in [-0.05, 0) is 28.8 Å². The molecule has 0 spiro atoms. The third kappa shape index (κ3) is 2.94. The van der Waals surface area contributed by atoms with E-state index in [-0.39, 0.29) is 0 Å². The second-order valence-corrected chi connectivity index (χ2v) is 4.57. The van der Waals surface area contributed by atoms with Crippen molar-refractivity contribution in [1.82, 2.24) is 0 Å². The first-order valence-electron chi connectivity index (χ1n) is 6.46. The lowest BCUT2D eigenvalue weighted by Gasteiger charge is -2.05. The van der Waals surface area contributed by atoms with Crippen molar-refractivity contribution in [3.05, 3.63) is 82.5 Å². The molecule has 0 atom stereocenters. The highest BCUT2D eigenvalue weighted by atomic mass is 14.9. The minimum Gasteiger partial charge on any atom is -0.228 e. The van der Waals surface area contributed by atoms with Gasteiger partial charge in [0, 0.05) is 0 Å². The standard InChI is InChI=1S/C18H10N4/c1-21-18(22-2)16-9-7-14(8-10-16)13-3-5-15(6-4-13)17(11-19)12-20/h3-10,17-18H. The monoisotopic (exact) mass is 282 g/mol. The zero-order valence-corrected chi connectivity index (χ0v) is 11.6. The number of hydrogen-bond donors (Lipinski definition) is 0. The molecule has 0 aliphatic rings. The van der Waals surface area contributed by atoms with Gasteiger partial charge in [-0.15, -0.1) is 0 Å². The Labute approximate surface area is 129 Å². The SMILES string of the molecule is [C-]#[N+]C([N+]#[C-])c1ccc(-c2ccc(C(C#N)C#N)cc2)cc1. The summed E-state index contributed by atoms with van der Waals surface area (Å²) in [5, 5.41) is 17.7. The molecule has 102 valence electrons. The molecule has 0 unspecified atom stereocenters. The third-order valence-electron chi connectivity index (χ3n) is 3.29. The van der Waals surface area contributed by atoms with E-state index in [1.807, 2.05) is 36.4 Å². The number of nitrogens with zero attached hydrogens (tertiary/aromatic N) is 4. The lowest BCUT2D eigenvalue weighted by atomic mass is 9.97. The van der Waals surface area contributed by atoms with E-state index < -0.39 is 12.1 Å². The maximum atomic E-state index is 8.87. The van der Waals surface area contributed by atoms with Crippen LogP contribution in [0.3, 0.4) is 0 Å². The Balaban J connectivity index is 2.27. The fourth-order valence-corrected chi connectivity index (χ4v) is 2.07. The molecule has 0 aliphatic heterocycles. The van der Waals surface area contributed by atoms with Crippen molar-refractivity contribution in [1.29, 1.82) is 10.5 Å². The fraction of sp³-hybridized carbons (Fsp3) is 0.111. The summed E-state index contributed by atoms with van der Waals surface area (Å²) < 4.78 is 0. The second-order valence-electron chi connectivity index (χ2n) is 4.57. The smallest absolute Gasteiger partial charge is 0.228 e. The fourth-order valence-electron chi connectivity index (χ4n) is 2.07. The molecular weight excluding hydrogens is 272 g/mol. The van der Waals surface area contributed by atoms with Crippen LogP contribution < -0.4 is 0 Å². The van der Waals surface area contributed by atoms with Crippen LogP contribution in [-0.4, -0.2) is 0 Å². The van der Waals surface area contributed by atoms with E-state index in [0.29, 0.717) is 11.1 Å². The number of nitriles is 2. The molecule has 4 nitrogen and oxygen atoms in total. The van der Waals surface area contributed by atoms with Crippen LogP contribution in [0.2, 0.25) is 0 Å². The molecule has 0 bridgehead atoms. The minimum absolute atomic E-state index is 0.673. The van der Waals surface area contributed by atoms with Crippen molar-refractivity contribution in [3.63, 3.8) is 0 Å². The highest BCUT2D eigenvalue weighted by molar-refractivity contribution is 5.64. The first kappa shape index (κ1) is 14.8. The van der Waals surface area contributed by atoms with E-state index in [0.717, 1.165) is 11.1 Å². The molecule has 0 aliphatic carbocycles. The number of hydrogen-bond acceptors (Lipinski definition) is 2. The zero-order chi connectivity index (χ0) is 15.9. The van der Waals surface area contributed by atoms with Crippen LogP contribution in [0.4, 0.5) is 0 Å². The van der Waals surface area contributed by atoms with Gasteiger partial charge in [-0.2, -0.15) is 10.5 Å². The molecule has 0 heterocycles. The van der Waals surface area contributed by atoms with Gasteiger partial charge >= 0.3 is 6.17 Å². The van der Waals surface area contributed by atoms with Gasteiger partial charge in [0.1, 0.15) is 5.56 Å². The molecule has 0 radical (unpaired) electrons. The average Bonchev–Trinajstić information content (AvgIpc) is 2.58. The summed E-state index contributed by atoms with van der Waals surface area (Å²) in [5.41, 5.74) is 3.26. The molecule has 22 heavy (non-hydrogen) atoms. The van der Waals surface area contributed by atoms with Crippen LogP contribution in [0.1, 0.15) is 23.2 Å². The largest absolute Gasteiger partial charge is 0.502 e. The summed E-state index contributed by atoms with van der Waals surface area (Å²) in [6, 6.07) is 18.4. The van der Waals surface area contributed by atoms with Crippen molar-refractivity contribution in [2.75, 3.05) is 0 Å². The highest BCUT2D eigenvalue weighted by Gasteiger charge is 2.18. The Morgan fingerprint density at radius 1 is 0.727 bits per heavy atom. The topological polar surface area (TPSA) is 56.3 Å². The maximum Gasteiger partial charge on any atom is 0.502 e. The Morgan fingerprint density at radius 2 is 1.14 bits per heavy atom. The van der Waals surface area contributed by atoms with Gasteiger partial charge in [0.05, 0.1) is 12.1 Å². The van der Waals surface area contributed by atoms with Gasteiger partial charge in [-0.3, -0.25) is 0 Å². The second kappa shape index (κ2) is 6.71. The molecule has 0 N–H and O–H groups in total. The Kier molecular flexibility index (Phi) is 4.52. The number of benzene rings is 2. The first-order chi connectivity index (χ1) is 10.7. The predicted octanol–water partition coefficient (Wildman–Crippen LogP) is 4.32. The Morgan fingerprint density at radius 3 is 1.50 bits per heavy atom. The summed E-state index contributed by atoms with van der Waals surface area (Å²) in [7, 11) is 0. The average molecular weight is 282 g/mol. The molecule has 0 saturated carbocycles. The summed E-state index contributed by atoms with van der Waals surface area (Å²) >= 11 is 0. The van der Waals surface area contributed by atoms with Gasteiger partial charge in [0.2, 0.25) is 0 Å². The molecular formula is C18H10N4. The van der Waals surface area contributed by atoms with Crippen LogP contribution >= 0.6 is 0 Å². The van der Waals surface area contributed by atoms with E-state index in [9.17, 15) is 0 Å². The molecule has 0 fully saturated rings. The van der Waals surface area contributed by atoms with Gasteiger partial charge in [-0.1, -0.05) is 36.4 Å². The molecule has 0 aromatic heterocycles. The molecule has 4 heteroatoms. The van der Waals surface area contributed by atoms with E-state index in [2.05, 4.69) is 9.69 Å². The van der Waals surface area contributed by atoms with Crippen LogP contribution in [0.25, 0.3) is 20.8 Å². The molecule has 2 aromatic rings. The van der Waals surface area contributed by atoms with Gasteiger partial charge in [-0.25, -0.2) is 22.8 Å². The molecule has 0 saturated heterocycles. The number of rotatable bonds is 3. The van der Waals surface area contributed by atoms with Gasteiger partial charge in [0.15, 0.2) is 5.92 Å². The zero-order valence-electron chi connectivity index (χ0n) is 11.6. The summed E-state index contributed by atoms with van der Waals surface area (Å²) in [5.74, 6) is -0.755. The van der Waals surface area contributed by atoms with Crippen LogP contribution in [0, 0.1) is 35.8 Å². The first-order valence-corrected chi connectivity index (χ1v) is 6.46. The van der Waals surface area contributed by atoms with Gasteiger partial charge in [0.25, 0.3) is 0 Å². The Bertz CT molecular complexity index is 720. The molecule has 2 rings (SSSR count). The lowest BCUT2D eigenvalue weighted by molar-refractivity contribution is 1.07. The van der Waals surface area contributed by atoms with E-state index in [4.69, 9.17) is 23.7 Å². The van der Waals surface area contributed by atoms with Crippen molar-refractivity contribution in [3.8, 4) is 23.3 Å². The predicted molar refractivity (Wildman–Crippen MR) is 81.8 cm³/mol. The van der Waals surface area contributed by atoms with E-state index >= 15 is 0 Å². The minimum atomic E-state index is -0.788. The van der Waals surface area contributed by atoms with Crippen LogP contribution in [0.15, 0.2) is 48.5 Å².